The van der Waals surface area contributed by atoms with E-state index in [1.165, 1.54) is 24.9 Å². The molecule has 2 aromatic heterocycles. The molecule has 6 nitrogen and oxygen atoms in total. The maximum Gasteiger partial charge on any atom is 0.326 e. The lowest BCUT2D eigenvalue weighted by Crippen LogP contribution is -2.32. The van der Waals surface area contributed by atoms with Crippen molar-refractivity contribution >= 4 is 38.8 Å². The van der Waals surface area contributed by atoms with Crippen LogP contribution in [-0.4, -0.2) is 31.7 Å². The zero-order chi connectivity index (χ0) is 19.7. The van der Waals surface area contributed by atoms with Gasteiger partial charge in [-0.15, -0.1) is 0 Å². The molecule has 0 saturated heterocycles. The minimum absolute atomic E-state index is 0.378. The number of hydrogen-bond donors (Lipinski definition) is 2. The van der Waals surface area contributed by atoms with Crippen LogP contribution >= 0.6 is 15.9 Å². The summed E-state index contributed by atoms with van der Waals surface area (Å²) in [6, 6.07) is 8.85. The molecule has 0 amide bonds. The van der Waals surface area contributed by atoms with Crippen LogP contribution in [0.5, 0.6) is 0 Å². The Kier molecular flexibility index (Phi) is 5.35. The number of rotatable bonds is 8. The average Bonchev–Trinajstić information content (AvgIpc) is 3.47. The number of carboxylic acids is 1. The summed E-state index contributed by atoms with van der Waals surface area (Å²) in [5.41, 5.74) is 3.00. The predicted molar refractivity (Wildman–Crippen MR) is 113 cm³/mol. The Balaban J connectivity index is 1.71. The molecular weight excluding hydrogens is 420 g/mol. The Bertz CT molecular complexity index is 999. The number of carboxylic acid groups (broad SMARTS) is 1. The van der Waals surface area contributed by atoms with Gasteiger partial charge >= 0.3 is 5.97 Å². The molecule has 1 atom stereocenters. The fraction of sp³-hybridized carbons (Fsp3) is 0.381. The van der Waals surface area contributed by atoms with Gasteiger partial charge in [-0.1, -0.05) is 37.3 Å². The lowest BCUT2D eigenvalue weighted by atomic mass is 10.1. The van der Waals surface area contributed by atoms with Gasteiger partial charge in [-0.2, -0.15) is 0 Å². The van der Waals surface area contributed by atoms with E-state index in [2.05, 4.69) is 42.7 Å². The van der Waals surface area contributed by atoms with Gasteiger partial charge in [-0.05, 0) is 46.7 Å². The minimum atomic E-state index is -0.903. The SMILES string of the molecule is CCc1c(Br)c2c(N[C@H](Cc3ccccc3)C(=O)O)ncnc2n1CC1CC1. The molecule has 3 aromatic rings. The lowest BCUT2D eigenvalue weighted by Gasteiger charge is -2.16. The number of hydrogen-bond acceptors (Lipinski definition) is 4. The van der Waals surface area contributed by atoms with Crippen LogP contribution in [0.15, 0.2) is 41.1 Å². The first-order valence-electron chi connectivity index (χ1n) is 9.63. The van der Waals surface area contributed by atoms with E-state index in [0.29, 0.717) is 18.2 Å². The summed E-state index contributed by atoms with van der Waals surface area (Å²) in [4.78, 5) is 20.8. The van der Waals surface area contributed by atoms with Gasteiger partial charge in [-0.3, -0.25) is 0 Å². The van der Waals surface area contributed by atoms with Crippen LogP contribution in [0.2, 0.25) is 0 Å². The summed E-state index contributed by atoms with van der Waals surface area (Å²) in [5.74, 6) is 0.369. The van der Waals surface area contributed by atoms with E-state index >= 15 is 0 Å². The molecule has 2 N–H and O–H groups in total. The number of benzene rings is 1. The van der Waals surface area contributed by atoms with Crippen LogP contribution in [0.1, 0.15) is 31.0 Å². The van der Waals surface area contributed by atoms with E-state index in [1.54, 1.807) is 0 Å². The Morgan fingerprint density at radius 3 is 2.71 bits per heavy atom. The molecule has 1 fully saturated rings. The number of carbonyl (C=O) groups is 1. The Labute approximate surface area is 172 Å². The molecule has 1 saturated carbocycles. The van der Waals surface area contributed by atoms with Crippen molar-refractivity contribution in [1.82, 2.24) is 14.5 Å². The molecule has 1 aliphatic carbocycles. The first kappa shape index (κ1) is 18.9. The van der Waals surface area contributed by atoms with Gasteiger partial charge in [-0.25, -0.2) is 14.8 Å². The minimum Gasteiger partial charge on any atom is -0.480 e. The number of anilines is 1. The standard InChI is InChI=1S/C21H23BrN4O2/c1-2-16-18(22)17-19(23-12-24-20(17)26(16)11-14-8-9-14)25-15(21(27)28)10-13-6-4-3-5-7-13/h3-7,12,14-15H,2,8-11H2,1H3,(H,27,28)(H,23,24,25)/t15-/m1/s1. The molecule has 1 aromatic carbocycles. The zero-order valence-corrected chi connectivity index (χ0v) is 17.3. The van der Waals surface area contributed by atoms with Gasteiger partial charge in [0, 0.05) is 18.7 Å². The van der Waals surface area contributed by atoms with Crippen molar-refractivity contribution in [3.63, 3.8) is 0 Å². The monoisotopic (exact) mass is 442 g/mol. The fourth-order valence-electron chi connectivity index (χ4n) is 3.60. The summed E-state index contributed by atoms with van der Waals surface area (Å²) in [6.07, 6.45) is 5.28. The van der Waals surface area contributed by atoms with Crippen LogP contribution in [0, 0.1) is 5.92 Å². The molecule has 1 aliphatic rings. The van der Waals surface area contributed by atoms with Gasteiger partial charge in [0.25, 0.3) is 0 Å². The highest BCUT2D eigenvalue weighted by molar-refractivity contribution is 9.10. The largest absolute Gasteiger partial charge is 0.480 e. The van der Waals surface area contributed by atoms with Crippen molar-refractivity contribution in [1.29, 1.82) is 0 Å². The van der Waals surface area contributed by atoms with Gasteiger partial charge in [0.05, 0.1) is 9.86 Å². The van der Waals surface area contributed by atoms with Crippen molar-refractivity contribution in [2.45, 2.75) is 45.2 Å². The number of halogens is 1. The summed E-state index contributed by atoms with van der Waals surface area (Å²) >= 11 is 3.73. The number of aliphatic carboxylic acids is 1. The Hall–Kier alpha value is -2.41. The van der Waals surface area contributed by atoms with E-state index < -0.39 is 12.0 Å². The molecule has 0 unspecified atom stereocenters. The van der Waals surface area contributed by atoms with Crippen LogP contribution < -0.4 is 5.32 Å². The second kappa shape index (κ2) is 7.91. The number of nitrogens with zero attached hydrogens (tertiary/aromatic N) is 3. The van der Waals surface area contributed by atoms with E-state index in [9.17, 15) is 9.90 Å². The smallest absolute Gasteiger partial charge is 0.326 e. The van der Waals surface area contributed by atoms with Crippen LogP contribution in [-0.2, 0) is 24.2 Å². The maximum absolute atomic E-state index is 11.9. The normalized spacial score (nSPS) is 14.9. The van der Waals surface area contributed by atoms with Crippen LogP contribution in [0.3, 0.4) is 0 Å². The van der Waals surface area contributed by atoms with Crippen molar-refractivity contribution in [3.05, 3.63) is 52.4 Å². The second-order valence-corrected chi connectivity index (χ2v) is 8.11. The molecule has 0 bridgehead atoms. The topological polar surface area (TPSA) is 80.0 Å². The van der Waals surface area contributed by atoms with E-state index in [4.69, 9.17) is 0 Å². The number of fused-ring (bicyclic) bond motifs is 1. The first-order valence-corrected chi connectivity index (χ1v) is 10.4. The molecular formula is C21H23BrN4O2. The summed E-state index contributed by atoms with van der Waals surface area (Å²) in [5, 5.41) is 13.8. The lowest BCUT2D eigenvalue weighted by molar-refractivity contribution is -0.137. The maximum atomic E-state index is 11.9. The van der Waals surface area contributed by atoms with Crippen LogP contribution in [0.25, 0.3) is 11.0 Å². The summed E-state index contributed by atoms with van der Waals surface area (Å²) in [6.45, 7) is 3.08. The van der Waals surface area contributed by atoms with Crippen molar-refractivity contribution < 1.29 is 9.90 Å². The summed E-state index contributed by atoms with van der Waals surface area (Å²) < 4.78 is 3.22. The molecule has 4 rings (SSSR count). The average molecular weight is 443 g/mol. The molecule has 0 aliphatic heterocycles. The molecule has 0 spiro atoms. The van der Waals surface area contributed by atoms with E-state index in [-0.39, 0.29) is 0 Å². The van der Waals surface area contributed by atoms with Gasteiger partial charge in [0.1, 0.15) is 23.8 Å². The molecule has 7 heteroatoms. The quantitative estimate of drug-likeness (QED) is 0.544. The third-order valence-corrected chi connectivity index (χ3v) is 6.10. The van der Waals surface area contributed by atoms with Gasteiger partial charge in [0.15, 0.2) is 0 Å². The van der Waals surface area contributed by atoms with Gasteiger partial charge in [0.2, 0.25) is 0 Å². The zero-order valence-electron chi connectivity index (χ0n) is 15.7. The summed E-state index contributed by atoms with van der Waals surface area (Å²) in [7, 11) is 0. The molecule has 0 radical (unpaired) electrons. The molecule has 146 valence electrons. The predicted octanol–water partition coefficient (Wildman–Crippen LogP) is 4.27. The van der Waals surface area contributed by atoms with Gasteiger partial charge < -0.3 is 15.0 Å². The van der Waals surface area contributed by atoms with E-state index in [1.807, 2.05) is 30.3 Å². The molecule has 2 heterocycles. The number of nitrogens with one attached hydrogen (secondary N) is 1. The van der Waals surface area contributed by atoms with Crippen molar-refractivity contribution in [3.8, 4) is 0 Å². The van der Waals surface area contributed by atoms with Crippen molar-refractivity contribution in [2.75, 3.05) is 5.32 Å². The van der Waals surface area contributed by atoms with E-state index in [0.717, 1.165) is 34.0 Å². The van der Waals surface area contributed by atoms with Crippen molar-refractivity contribution in [2.24, 2.45) is 5.92 Å². The van der Waals surface area contributed by atoms with Crippen LogP contribution in [0.4, 0.5) is 5.82 Å². The highest BCUT2D eigenvalue weighted by Crippen LogP contribution is 2.38. The first-order chi connectivity index (χ1) is 13.6. The third kappa shape index (κ3) is 3.76. The highest BCUT2D eigenvalue weighted by Gasteiger charge is 2.27. The second-order valence-electron chi connectivity index (χ2n) is 7.31. The third-order valence-electron chi connectivity index (χ3n) is 5.25. The Morgan fingerprint density at radius 1 is 1.32 bits per heavy atom. The fourth-order valence-corrected chi connectivity index (χ4v) is 4.46. The number of aromatic nitrogens is 3. The molecule has 28 heavy (non-hydrogen) atoms. The Morgan fingerprint density at radius 2 is 2.07 bits per heavy atom. The highest BCUT2D eigenvalue weighted by atomic mass is 79.9.